The smallest absolute Gasteiger partial charge is 0.0700 e. The summed E-state index contributed by atoms with van der Waals surface area (Å²) in [6.07, 6.45) is 5.47. The molecule has 2 aliphatic rings. The number of nitrogens with zero attached hydrogens (tertiary/aromatic N) is 1. The Balaban J connectivity index is 1.36. The zero-order valence-electron chi connectivity index (χ0n) is 12.3. The van der Waals surface area contributed by atoms with Gasteiger partial charge < -0.3 is 10.1 Å². The van der Waals surface area contributed by atoms with Crippen molar-refractivity contribution in [3.8, 4) is 0 Å². The molecule has 1 aromatic rings. The molecule has 0 spiro atoms. The van der Waals surface area contributed by atoms with Gasteiger partial charge in [0.05, 0.1) is 6.10 Å². The zero-order valence-corrected chi connectivity index (χ0v) is 12.3. The molecule has 2 heterocycles. The average molecular weight is 274 g/mol. The second-order valence-corrected chi connectivity index (χ2v) is 6.08. The summed E-state index contributed by atoms with van der Waals surface area (Å²) in [4.78, 5) is 2.57. The summed E-state index contributed by atoms with van der Waals surface area (Å²) < 4.78 is 5.67. The first-order valence-corrected chi connectivity index (χ1v) is 8.01. The molecule has 2 saturated heterocycles. The van der Waals surface area contributed by atoms with Gasteiger partial charge in [-0.3, -0.25) is 4.90 Å². The molecule has 0 amide bonds. The molecule has 2 aliphatic heterocycles. The highest BCUT2D eigenvalue weighted by molar-refractivity contribution is 5.14. The summed E-state index contributed by atoms with van der Waals surface area (Å²) in [5.74, 6) is 0. The predicted molar refractivity (Wildman–Crippen MR) is 81.7 cm³/mol. The van der Waals surface area contributed by atoms with E-state index in [1.54, 1.807) is 0 Å². The molecule has 1 aromatic carbocycles. The minimum atomic E-state index is 0.470. The molecule has 0 bridgehead atoms. The summed E-state index contributed by atoms with van der Waals surface area (Å²) in [5.41, 5.74) is 1.43. The van der Waals surface area contributed by atoms with Gasteiger partial charge in [0.2, 0.25) is 0 Å². The standard InChI is InChI=1S/C17H26N2O/c1-2-5-15(6-3-1)14-19-10-8-16(9-11-19)18-13-17-7-4-12-20-17/h1-3,5-6,16-18H,4,7-14H2/t17-/m0/s1. The normalized spacial score (nSPS) is 25.1. The van der Waals surface area contributed by atoms with E-state index < -0.39 is 0 Å². The van der Waals surface area contributed by atoms with Crippen LogP contribution in [-0.2, 0) is 11.3 Å². The van der Waals surface area contributed by atoms with E-state index in [1.807, 2.05) is 0 Å². The number of piperidine rings is 1. The van der Waals surface area contributed by atoms with Crippen LogP contribution in [0.2, 0.25) is 0 Å². The fourth-order valence-electron chi connectivity index (χ4n) is 3.24. The maximum atomic E-state index is 5.67. The number of likely N-dealkylation sites (tertiary alicyclic amines) is 1. The lowest BCUT2D eigenvalue weighted by molar-refractivity contribution is 0.102. The topological polar surface area (TPSA) is 24.5 Å². The van der Waals surface area contributed by atoms with Crippen molar-refractivity contribution in [1.82, 2.24) is 10.2 Å². The van der Waals surface area contributed by atoms with Gasteiger partial charge >= 0.3 is 0 Å². The monoisotopic (exact) mass is 274 g/mol. The van der Waals surface area contributed by atoms with Crippen LogP contribution in [0.3, 0.4) is 0 Å². The highest BCUT2D eigenvalue weighted by Crippen LogP contribution is 2.15. The van der Waals surface area contributed by atoms with Crippen molar-refractivity contribution >= 4 is 0 Å². The van der Waals surface area contributed by atoms with Gasteiger partial charge in [0, 0.05) is 25.7 Å². The van der Waals surface area contributed by atoms with Gasteiger partial charge in [0.1, 0.15) is 0 Å². The third-order valence-electron chi connectivity index (χ3n) is 4.49. The summed E-state index contributed by atoms with van der Waals surface area (Å²) in [6, 6.07) is 11.5. The van der Waals surface area contributed by atoms with E-state index in [0.29, 0.717) is 12.1 Å². The SMILES string of the molecule is c1ccc(CN2CCC(NC[C@@H]3CCCO3)CC2)cc1. The number of rotatable bonds is 5. The van der Waals surface area contributed by atoms with Gasteiger partial charge in [-0.25, -0.2) is 0 Å². The number of nitrogens with one attached hydrogen (secondary N) is 1. The lowest BCUT2D eigenvalue weighted by Gasteiger charge is -2.33. The Kier molecular flexibility index (Phi) is 5.06. The second kappa shape index (κ2) is 7.21. The minimum Gasteiger partial charge on any atom is -0.377 e. The van der Waals surface area contributed by atoms with Crippen LogP contribution in [0.25, 0.3) is 0 Å². The van der Waals surface area contributed by atoms with E-state index in [4.69, 9.17) is 4.74 Å². The van der Waals surface area contributed by atoms with Crippen LogP contribution in [0.15, 0.2) is 30.3 Å². The first-order valence-electron chi connectivity index (χ1n) is 8.01. The molecule has 1 N–H and O–H groups in total. The van der Waals surface area contributed by atoms with Gasteiger partial charge in [-0.2, -0.15) is 0 Å². The van der Waals surface area contributed by atoms with Gasteiger partial charge in [-0.05, 0) is 44.3 Å². The van der Waals surface area contributed by atoms with Crippen LogP contribution in [0.5, 0.6) is 0 Å². The van der Waals surface area contributed by atoms with Crippen molar-refractivity contribution in [3.05, 3.63) is 35.9 Å². The maximum Gasteiger partial charge on any atom is 0.0700 e. The van der Waals surface area contributed by atoms with Gasteiger partial charge in [-0.15, -0.1) is 0 Å². The highest BCUT2D eigenvalue weighted by Gasteiger charge is 2.21. The van der Waals surface area contributed by atoms with Gasteiger partial charge in [0.25, 0.3) is 0 Å². The Morgan fingerprint density at radius 1 is 1.10 bits per heavy atom. The number of hydrogen-bond acceptors (Lipinski definition) is 3. The molecule has 3 nitrogen and oxygen atoms in total. The quantitative estimate of drug-likeness (QED) is 0.892. The van der Waals surface area contributed by atoms with E-state index in [-0.39, 0.29) is 0 Å². The van der Waals surface area contributed by atoms with Gasteiger partial charge in [0.15, 0.2) is 0 Å². The molecular weight excluding hydrogens is 248 g/mol. The third-order valence-corrected chi connectivity index (χ3v) is 4.49. The Morgan fingerprint density at radius 2 is 1.90 bits per heavy atom. The molecule has 20 heavy (non-hydrogen) atoms. The molecular formula is C17H26N2O. The molecule has 0 aliphatic carbocycles. The number of ether oxygens (including phenoxy) is 1. The van der Waals surface area contributed by atoms with Crippen molar-refractivity contribution in [2.45, 2.75) is 44.4 Å². The summed E-state index contributed by atoms with van der Waals surface area (Å²) in [5, 5.41) is 3.70. The van der Waals surface area contributed by atoms with Crippen molar-refractivity contribution in [1.29, 1.82) is 0 Å². The van der Waals surface area contributed by atoms with E-state index in [1.165, 1.54) is 44.3 Å². The number of benzene rings is 1. The fraction of sp³-hybridized carbons (Fsp3) is 0.647. The summed E-state index contributed by atoms with van der Waals surface area (Å²) >= 11 is 0. The molecule has 1 atom stereocenters. The Bertz CT molecular complexity index is 381. The van der Waals surface area contributed by atoms with Gasteiger partial charge in [-0.1, -0.05) is 30.3 Å². The fourth-order valence-corrected chi connectivity index (χ4v) is 3.24. The van der Waals surface area contributed by atoms with E-state index in [9.17, 15) is 0 Å². The first-order chi connectivity index (χ1) is 9.90. The lowest BCUT2D eigenvalue weighted by Crippen LogP contribution is -2.44. The van der Waals surface area contributed by atoms with Crippen LogP contribution in [-0.4, -0.2) is 43.3 Å². The molecule has 3 rings (SSSR count). The minimum absolute atomic E-state index is 0.470. The molecule has 0 saturated carbocycles. The zero-order chi connectivity index (χ0) is 13.6. The average Bonchev–Trinajstić information content (AvgIpc) is 3.01. The van der Waals surface area contributed by atoms with Crippen molar-refractivity contribution in [2.24, 2.45) is 0 Å². The second-order valence-electron chi connectivity index (χ2n) is 6.08. The van der Waals surface area contributed by atoms with Crippen LogP contribution in [0.1, 0.15) is 31.2 Å². The summed E-state index contributed by atoms with van der Waals surface area (Å²) in [6.45, 7) is 5.51. The Hall–Kier alpha value is -0.900. The van der Waals surface area contributed by atoms with Crippen molar-refractivity contribution in [3.63, 3.8) is 0 Å². The maximum absolute atomic E-state index is 5.67. The molecule has 2 fully saturated rings. The van der Waals surface area contributed by atoms with E-state index in [0.717, 1.165) is 19.7 Å². The largest absolute Gasteiger partial charge is 0.377 e. The molecule has 0 unspecified atom stereocenters. The van der Waals surface area contributed by atoms with Crippen LogP contribution in [0.4, 0.5) is 0 Å². The van der Waals surface area contributed by atoms with Crippen LogP contribution in [0, 0.1) is 0 Å². The Morgan fingerprint density at radius 3 is 2.60 bits per heavy atom. The summed E-state index contributed by atoms with van der Waals surface area (Å²) in [7, 11) is 0. The van der Waals surface area contributed by atoms with Crippen molar-refractivity contribution < 1.29 is 4.74 Å². The van der Waals surface area contributed by atoms with Crippen LogP contribution >= 0.6 is 0 Å². The van der Waals surface area contributed by atoms with Crippen molar-refractivity contribution in [2.75, 3.05) is 26.2 Å². The van der Waals surface area contributed by atoms with E-state index in [2.05, 4.69) is 40.5 Å². The first kappa shape index (κ1) is 14.1. The molecule has 0 aromatic heterocycles. The highest BCUT2D eigenvalue weighted by atomic mass is 16.5. The van der Waals surface area contributed by atoms with E-state index >= 15 is 0 Å². The lowest BCUT2D eigenvalue weighted by atomic mass is 10.0. The van der Waals surface area contributed by atoms with Crippen LogP contribution < -0.4 is 5.32 Å². The number of hydrogen-bond donors (Lipinski definition) is 1. The molecule has 110 valence electrons. The third kappa shape index (κ3) is 4.05. The predicted octanol–water partition coefficient (Wildman–Crippen LogP) is 2.42. The molecule has 0 radical (unpaired) electrons. The molecule has 3 heteroatoms. The Labute approximate surface area is 122 Å².